The minimum atomic E-state index is -0.596. The van der Waals surface area contributed by atoms with Gasteiger partial charge in [-0.25, -0.2) is 0 Å². The fourth-order valence-electron chi connectivity index (χ4n) is 7.73. The third-order valence-corrected chi connectivity index (χ3v) is 9.94. The molecule has 0 bridgehead atoms. The molecular weight excluding hydrogens is 617 g/mol. The summed E-state index contributed by atoms with van der Waals surface area (Å²) >= 11 is 0. The molecule has 0 aliphatic heterocycles. The Labute approximate surface area is 317 Å². The summed E-state index contributed by atoms with van der Waals surface area (Å²) in [5.41, 5.74) is 2.56. The second-order valence-electron chi connectivity index (χ2n) is 12.7. The van der Waals surface area contributed by atoms with Crippen molar-refractivity contribution in [2.24, 2.45) is 0 Å². The van der Waals surface area contributed by atoms with E-state index < -0.39 is 96.7 Å². The molecule has 0 amide bonds. The standard InChI is InChI=1S/C50H28O/c1-2-12-44-43(10-1)50-40(11-5-13-45(50)51-44)37-27-35(38-22-18-33-16-14-29-6-3-8-31-20-24-41(38)48(33)46(29)31)26-36(28-37)39-23-19-34-17-15-30-7-4-9-32-21-25-42(39)49(34)47(30)32/h1-28H/i3D,4D,6D,7D,8D,9D,14D,15D,16D,17D,18D,19D,20D,21D,22D,23D,24D. The van der Waals surface area contributed by atoms with Crippen molar-refractivity contribution in [3.8, 4) is 33.4 Å². The highest BCUT2D eigenvalue weighted by Gasteiger charge is 2.19. The van der Waals surface area contributed by atoms with Crippen molar-refractivity contribution in [2.75, 3.05) is 0 Å². The monoisotopic (exact) mass is 661 g/mol. The molecule has 0 aliphatic rings. The van der Waals surface area contributed by atoms with E-state index >= 15 is 0 Å². The highest BCUT2D eigenvalue weighted by atomic mass is 16.3. The van der Waals surface area contributed by atoms with Crippen LogP contribution in [0.3, 0.4) is 0 Å². The molecule has 11 aromatic carbocycles. The summed E-state index contributed by atoms with van der Waals surface area (Å²) in [4.78, 5) is 0. The summed E-state index contributed by atoms with van der Waals surface area (Å²) in [5.74, 6) is 0. The van der Waals surface area contributed by atoms with E-state index in [2.05, 4.69) is 0 Å². The molecule has 1 heteroatoms. The van der Waals surface area contributed by atoms with Crippen LogP contribution in [0.1, 0.15) is 23.3 Å². The number of para-hydroxylation sites is 1. The molecule has 0 saturated heterocycles. The zero-order valence-electron chi connectivity index (χ0n) is 43.3. The molecule has 1 nitrogen and oxygen atoms in total. The Bertz CT molecular complexity index is 4320. The lowest BCUT2D eigenvalue weighted by atomic mass is 9.85. The molecule has 0 spiro atoms. The van der Waals surface area contributed by atoms with Gasteiger partial charge >= 0.3 is 0 Å². The van der Waals surface area contributed by atoms with Crippen molar-refractivity contribution in [1.29, 1.82) is 0 Å². The van der Waals surface area contributed by atoms with Gasteiger partial charge in [0.2, 0.25) is 0 Å². The number of hydrogen-bond acceptors (Lipinski definition) is 1. The molecule has 0 aliphatic carbocycles. The summed E-state index contributed by atoms with van der Waals surface area (Å²) < 4.78 is 161. The molecule has 1 aromatic heterocycles. The normalized spacial score (nSPS) is 17.0. The van der Waals surface area contributed by atoms with Crippen molar-refractivity contribution in [2.45, 2.75) is 0 Å². The molecule has 234 valence electrons. The van der Waals surface area contributed by atoms with Gasteiger partial charge in [0.05, 0.1) is 23.3 Å². The fourth-order valence-corrected chi connectivity index (χ4v) is 7.73. The summed E-state index contributed by atoms with van der Waals surface area (Å²) in [6.07, 6.45) is 0. The molecule has 51 heavy (non-hydrogen) atoms. The van der Waals surface area contributed by atoms with Crippen LogP contribution in [0.15, 0.2) is 174 Å². The molecule has 0 fully saturated rings. The van der Waals surface area contributed by atoms with Gasteiger partial charge in [0.25, 0.3) is 0 Å². The molecular formula is C50H28O. The van der Waals surface area contributed by atoms with Crippen molar-refractivity contribution in [3.05, 3.63) is 169 Å². The summed E-state index contributed by atoms with van der Waals surface area (Å²) in [7, 11) is 0. The number of furan rings is 1. The Morgan fingerprint density at radius 1 is 0.333 bits per heavy atom. The van der Waals surface area contributed by atoms with E-state index in [1.165, 1.54) is 6.07 Å². The molecule has 0 unspecified atom stereocenters. The van der Waals surface area contributed by atoms with Gasteiger partial charge in [-0.3, -0.25) is 0 Å². The lowest BCUT2D eigenvalue weighted by Crippen LogP contribution is -1.91. The van der Waals surface area contributed by atoms with Gasteiger partial charge in [-0.05, 0) is 128 Å². The molecule has 0 atom stereocenters. The maximum absolute atomic E-state index is 9.67. The van der Waals surface area contributed by atoms with Crippen LogP contribution >= 0.6 is 0 Å². The van der Waals surface area contributed by atoms with Crippen LogP contribution < -0.4 is 0 Å². The van der Waals surface area contributed by atoms with Crippen molar-refractivity contribution in [1.82, 2.24) is 0 Å². The van der Waals surface area contributed by atoms with E-state index in [-0.39, 0.29) is 92.9 Å². The predicted molar refractivity (Wildman–Crippen MR) is 217 cm³/mol. The average molecular weight is 662 g/mol. The van der Waals surface area contributed by atoms with E-state index in [4.69, 9.17) is 18.1 Å². The topological polar surface area (TPSA) is 13.1 Å². The maximum atomic E-state index is 9.67. The second-order valence-corrected chi connectivity index (χ2v) is 12.7. The van der Waals surface area contributed by atoms with Gasteiger partial charge in [0, 0.05) is 10.8 Å². The van der Waals surface area contributed by atoms with E-state index in [1.807, 2.05) is 30.3 Å². The highest BCUT2D eigenvalue weighted by Crippen LogP contribution is 2.45. The first-order valence-electron chi connectivity index (χ1n) is 24.8. The zero-order chi connectivity index (χ0) is 48.0. The van der Waals surface area contributed by atoms with Crippen LogP contribution in [-0.4, -0.2) is 0 Å². The molecule has 0 saturated carbocycles. The maximum Gasteiger partial charge on any atom is 0.136 e. The minimum Gasteiger partial charge on any atom is -0.456 e. The average Bonchev–Trinajstić information content (AvgIpc) is 3.70. The Hall–Kier alpha value is -6.70. The van der Waals surface area contributed by atoms with Crippen molar-refractivity contribution < 1.29 is 27.7 Å². The van der Waals surface area contributed by atoms with Gasteiger partial charge in [0.1, 0.15) is 11.2 Å². The van der Waals surface area contributed by atoms with Gasteiger partial charge in [-0.1, -0.05) is 139 Å². The van der Waals surface area contributed by atoms with Crippen LogP contribution in [0.2, 0.25) is 0 Å². The van der Waals surface area contributed by atoms with Gasteiger partial charge in [-0.2, -0.15) is 0 Å². The first-order valence-corrected chi connectivity index (χ1v) is 16.3. The Balaban J connectivity index is 1.30. The zero-order valence-corrected chi connectivity index (χ0v) is 26.3. The van der Waals surface area contributed by atoms with E-state index in [1.54, 1.807) is 30.3 Å². The van der Waals surface area contributed by atoms with Crippen LogP contribution in [0, 0.1) is 0 Å². The Kier molecular flexibility index (Phi) is 3.10. The van der Waals surface area contributed by atoms with Gasteiger partial charge in [-0.15, -0.1) is 0 Å². The first kappa shape index (κ1) is 15.9. The van der Waals surface area contributed by atoms with E-state index in [0.29, 0.717) is 27.7 Å². The van der Waals surface area contributed by atoms with Crippen LogP contribution in [0.25, 0.3) is 120 Å². The molecule has 1 heterocycles. The molecule has 0 radical (unpaired) electrons. The third kappa shape index (κ3) is 3.75. The number of rotatable bonds is 3. The predicted octanol–water partition coefficient (Wildman–Crippen LogP) is 14.4. The largest absolute Gasteiger partial charge is 0.456 e. The number of hydrogen-bond donors (Lipinski definition) is 0. The minimum absolute atomic E-state index is 0.00131. The van der Waals surface area contributed by atoms with Crippen molar-refractivity contribution >= 4 is 86.6 Å². The van der Waals surface area contributed by atoms with Crippen LogP contribution in [0.5, 0.6) is 0 Å². The lowest BCUT2D eigenvalue weighted by molar-refractivity contribution is 0.669. The lowest BCUT2D eigenvalue weighted by Gasteiger charge is -2.18. The summed E-state index contributed by atoms with van der Waals surface area (Å²) in [5, 5.41) is 0.791. The molecule has 0 N–H and O–H groups in total. The first-order chi connectivity index (χ1) is 32.4. The molecule has 12 rings (SSSR count). The van der Waals surface area contributed by atoms with Crippen LogP contribution in [0.4, 0.5) is 0 Å². The number of benzene rings is 11. The fraction of sp³-hybridized carbons (Fsp3) is 0. The summed E-state index contributed by atoms with van der Waals surface area (Å²) in [6, 6.07) is 11.0. The second kappa shape index (κ2) is 9.94. The third-order valence-electron chi connectivity index (χ3n) is 9.94. The van der Waals surface area contributed by atoms with E-state index in [9.17, 15) is 9.60 Å². The van der Waals surface area contributed by atoms with Gasteiger partial charge < -0.3 is 4.42 Å². The molecule has 12 aromatic rings. The quantitative estimate of drug-likeness (QED) is 0.172. The SMILES string of the molecule is [2H]c1c(-c2cc(-c3c([2H])c([2H])c4c([2H])c([2H])c5c([2H])c([2H])c([2H])c6c([2H])c([2H])c3c4c56)cc(-c3cccc4oc5ccccc5c34)c2)c2cc([2H])c3c([2H])c([2H])c([2H])c4c([2H])c([2H])c(c1[2H])c2c34. The Morgan fingerprint density at radius 2 is 0.843 bits per heavy atom. The van der Waals surface area contributed by atoms with Gasteiger partial charge in [0.15, 0.2) is 0 Å². The smallest absolute Gasteiger partial charge is 0.136 e. The Morgan fingerprint density at radius 3 is 1.53 bits per heavy atom. The van der Waals surface area contributed by atoms with Crippen LogP contribution in [-0.2, 0) is 0 Å². The number of fused-ring (bicyclic) bond motifs is 3. The van der Waals surface area contributed by atoms with Crippen molar-refractivity contribution in [3.63, 3.8) is 0 Å². The highest BCUT2D eigenvalue weighted by molar-refractivity contribution is 6.27. The summed E-state index contributed by atoms with van der Waals surface area (Å²) in [6.45, 7) is 0. The van der Waals surface area contributed by atoms with E-state index in [0.717, 1.165) is 5.39 Å².